The molecule has 132 valence electrons. The zero-order chi connectivity index (χ0) is 17.8. The van der Waals surface area contributed by atoms with Crippen LogP contribution in [0.3, 0.4) is 0 Å². The Labute approximate surface area is 143 Å². The van der Waals surface area contributed by atoms with Crippen LogP contribution in [-0.2, 0) is 22.2 Å². The van der Waals surface area contributed by atoms with Crippen LogP contribution in [0.2, 0.25) is 0 Å². The fourth-order valence-electron chi connectivity index (χ4n) is 5.17. The Balaban J connectivity index is 2.06. The van der Waals surface area contributed by atoms with E-state index in [-0.39, 0.29) is 17.9 Å². The van der Waals surface area contributed by atoms with Gasteiger partial charge in [-0.1, -0.05) is 31.5 Å². The van der Waals surface area contributed by atoms with E-state index in [1.165, 1.54) is 11.1 Å². The van der Waals surface area contributed by atoms with Gasteiger partial charge in [0.05, 0.1) is 12.0 Å². The first-order valence-corrected chi connectivity index (χ1v) is 8.86. The first-order valence-electron chi connectivity index (χ1n) is 8.86. The standard InChI is InChI=1S/C20H28O4/c1-18-9-4-10-19(2,17(22)23)16(18)8-5-13-11-14(6-7-15(13)18)20(3,24)12-21/h6-7,11,16,21,24H,4-5,8-10,12H2,1-3H3,(H,22,23). The summed E-state index contributed by atoms with van der Waals surface area (Å²) in [5.41, 5.74) is 1.10. The number of hydrogen-bond donors (Lipinski definition) is 3. The van der Waals surface area contributed by atoms with Gasteiger partial charge in [-0.2, -0.15) is 0 Å². The monoisotopic (exact) mass is 332 g/mol. The van der Waals surface area contributed by atoms with Gasteiger partial charge in [0.1, 0.15) is 5.60 Å². The number of aliphatic hydroxyl groups is 2. The van der Waals surface area contributed by atoms with Crippen molar-refractivity contribution in [3.05, 3.63) is 34.9 Å². The molecule has 0 amide bonds. The molecular formula is C20H28O4. The summed E-state index contributed by atoms with van der Waals surface area (Å²) in [5, 5.41) is 29.5. The zero-order valence-corrected chi connectivity index (χ0v) is 14.8. The van der Waals surface area contributed by atoms with Crippen molar-refractivity contribution in [3.63, 3.8) is 0 Å². The molecule has 0 spiro atoms. The number of aliphatic carboxylic acids is 1. The Morgan fingerprint density at radius 3 is 2.67 bits per heavy atom. The molecule has 24 heavy (non-hydrogen) atoms. The predicted molar refractivity (Wildman–Crippen MR) is 91.9 cm³/mol. The minimum absolute atomic E-state index is 0.132. The van der Waals surface area contributed by atoms with Gasteiger partial charge in [-0.25, -0.2) is 0 Å². The van der Waals surface area contributed by atoms with Gasteiger partial charge >= 0.3 is 5.97 Å². The van der Waals surface area contributed by atoms with Crippen LogP contribution >= 0.6 is 0 Å². The van der Waals surface area contributed by atoms with E-state index < -0.39 is 17.0 Å². The van der Waals surface area contributed by atoms with Gasteiger partial charge in [0.25, 0.3) is 0 Å². The van der Waals surface area contributed by atoms with E-state index in [0.29, 0.717) is 0 Å². The lowest BCUT2D eigenvalue weighted by atomic mass is 9.50. The van der Waals surface area contributed by atoms with Crippen LogP contribution in [0.15, 0.2) is 18.2 Å². The maximum atomic E-state index is 11.9. The van der Waals surface area contributed by atoms with E-state index in [2.05, 4.69) is 13.0 Å². The summed E-state index contributed by atoms with van der Waals surface area (Å²) in [6.45, 7) is 5.42. The molecule has 0 radical (unpaired) electrons. The number of fused-ring (bicyclic) bond motifs is 3. The number of carbonyl (C=O) groups is 1. The van der Waals surface area contributed by atoms with Crippen molar-refractivity contribution in [2.24, 2.45) is 11.3 Å². The fourth-order valence-corrected chi connectivity index (χ4v) is 5.17. The summed E-state index contributed by atoms with van der Waals surface area (Å²) < 4.78 is 0. The topological polar surface area (TPSA) is 77.8 Å². The molecule has 1 saturated carbocycles. The molecular weight excluding hydrogens is 304 g/mol. The van der Waals surface area contributed by atoms with E-state index in [0.717, 1.165) is 37.7 Å². The second-order valence-electron chi connectivity index (χ2n) is 8.39. The van der Waals surface area contributed by atoms with Crippen LogP contribution in [0.5, 0.6) is 0 Å². The van der Waals surface area contributed by atoms with Crippen molar-refractivity contribution >= 4 is 5.97 Å². The Morgan fingerprint density at radius 2 is 2.04 bits per heavy atom. The molecule has 3 rings (SSSR count). The summed E-state index contributed by atoms with van der Waals surface area (Å²) in [6, 6.07) is 5.93. The van der Waals surface area contributed by atoms with Crippen LogP contribution in [0.25, 0.3) is 0 Å². The quantitative estimate of drug-likeness (QED) is 0.795. The first-order chi connectivity index (χ1) is 11.1. The molecule has 1 aromatic carbocycles. The first kappa shape index (κ1) is 17.4. The highest BCUT2D eigenvalue weighted by Gasteiger charge is 2.55. The molecule has 0 heterocycles. The number of hydrogen-bond acceptors (Lipinski definition) is 3. The second kappa shape index (κ2) is 5.57. The number of carboxylic acids is 1. The fraction of sp³-hybridized carbons (Fsp3) is 0.650. The molecule has 4 unspecified atom stereocenters. The summed E-state index contributed by atoms with van der Waals surface area (Å²) in [7, 11) is 0. The maximum Gasteiger partial charge on any atom is 0.309 e. The maximum absolute atomic E-state index is 11.9. The third-order valence-electron chi connectivity index (χ3n) is 6.77. The van der Waals surface area contributed by atoms with E-state index in [9.17, 15) is 20.1 Å². The van der Waals surface area contributed by atoms with E-state index in [1.807, 2.05) is 19.1 Å². The number of aryl methyl sites for hydroxylation is 1. The van der Waals surface area contributed by atoms with Crippen LogP contribution in [0.4, 0.5) is 0 Å². The number of rotatable bonds is 3. The van der Waals surface area contributed by atoms with E-state index in [4.69, 9.17) is 0 Å². The molecule has 2 aliphatic carbocycles. The van der Waals surface area contributed by atoms with Crippen molar-refractivity contribution in [2.45, 2.75) is 63.9 Å². The van der Waals surface area contributed by atoms with Crippen LogP contribution in [0.1, 0.15) is 63.1 Å². The molecule has 0 aromatic heterocycles. The zero-order valence-electron chi connectivity index (χ0n) is 14.8. The van der Waals surface area contributed by atoms with Gasteiger partial charge in [0.15, 0.2) is 0 Å². The molecule has 1 fully saturated rings. The van der Waals surface area contributed by atoms with Crippen LogP contribution in [0, 0.1) is 11.3 Å². The predicted octanol–water partition coefficient (Wildman–Crippen LogP) is 2.98. The lowest BCUT2D eigenvalue weighted by Gasteiger charge is -2.53. The summed E-state index contributed by atoms with van der Waals surface area (Å²) in [4.78, 5) is 11.9. The molecule has 2 aliphatic rings. The van der Waals surface area contributed by atoms with E-state index >= 15 is 0 Å². The Hall–Kier alpha value is -1.39. The smallest absolute Gasteiger partial charge is 0.309 e. The Morgan fingerprint density at radius 1 is 1.33 bits per heavy atom. The summed E-state index contributed by atoms with van der Waals surface area (Å²) in [5.74, 6) is -0.547. The molecule has 1 aromatic rings. The third kappa shape index (κ3) is 2.39. The van der Waals surface area contributed by atoms with Gasteiger partial charge in [-0.15, -0.1) is 0 Å². The molecule has 4 heteroatoms. The minimum atomic E-state index is -1.24. The number of aliphatic hydroxyl groups excluding tert-OH is 1. The van der Waals surface area contributed by atoms with Gasteiger partial charge in [-0.05, 0) is 67.6 Å². The normalized spacial score (nSPS) is 34.8. The van der Waals surface area contributed by atoms with Gasteiger partial charge in [-0.3, -0.25) is 4.79 Å². The Kier molecular flexibility index (Phi) is 4.04. The number of carboxylic acid groups (broad SMARTS) is 1. The molecule has 4 atom stereocenters. The van der Waals surface area contributed by atoms with Crippen LogP contribution in [-0.4, -0.2) is 27.9 Å². The highest BCUT2D eigenvalue weighted by molar-refractivity contribution is 5.75. The highest BCUT2D eigenvalue weighted by Crippen LogP contribution is 2.57. The molecule has 3 N–H and O–H groups in total. The molecule has 0 saturated heterocycles. The summed E-state index contributed by atoms with van der Waals surface area (Å²) >= 11 is 0. The molecule has 0 aliphatic heterocycles. The average molecular weight is 332 g/mol. The van der Waals surface area contributed by atoms with Gasteiger partial charge < -0.3 is 15.3 Å². The number of benzene rings is 1. The van der Waals surface area contributed by atoms with Crippen LogP contribution < -0.4 is 0 Å². The largest absolute Gasteiger partial charge is 0.481 e. The Bertz CT molecular complexity index is 666. The van der Waals surface area contributed by atoms with Crippen molar-refractivity contribution in [3.8, 4) is 0 Å². The van der Waals surface area contributed by atoms with E-state index in [1.54, 1.807) is 6.92 Å². The summed E-state index contributed by atoms with van der Waals surface area (Å²) in [6.07, 6.45) is 4.36. The SMILES string of the molecule is CC(O)(CO)c1ccc2c(c1)CCC1C(C)(C(=O)O)CCCC21C. The van der Waals surface area contributed by atoms with Gasteiger partial charge in [0, 0.05) is 0 Å². The van der Waals surface area contributed by atoms with Crippen molar-refractivity contribution in [2.75, 3.05) is 6.61 Å². The molecule has 0 bridgehead atoms. The van der Waals surface area contributed by atoms with Gasteiger partial charge in [0.2, 0.25) is 0 Å². The average Bonchev–Trinajstić information content (AvgIpc) is 2.54. The second-order valence-corrected chi connectivity index (χ2v) is 8.39. The third-order valence-corrected chi connectivity index (χ3v) is 6.77. The lowest BCUT2D eigenvalue weighted by molar-refractivity contribution is -0.157. The van der Waals surface area contributed by atoms with Crippen molar-refractivity contribution in [1.82, 2.24) is 0 Å². The minimum Gasteiger partial charge on any atom is -0.481 e. The van der Waals surface area contributed by atoms with Crippen molar-refractivity contribution in [1.29, 1.82) is 0 Å². The molecule has 4 nitrogen and oxygen atoms in total. The lowest BCUT2D eigenvalue weighted by Crippen LogP contribution is -2.52. The highest BCUT2D eigenvalue weighted by atomic mass is 16.4. The van der Waals surface area contributed by atoms with Crippen molar-refractivity contribution < 1.29 is 20.1 Å².